The highest BCUT2D eigenvalue weighted by molar-refractivity contribution is 5.98. The van der Waals surface area contributed by atoms with Gasteiger partial charge in [0.2, 0.25) is 5.96 Å². The molecule has 0 spiro atoms. The summed E-state index contributed by atoms with van der Waals surface area (Å²) in [6.07, 6.45) is 1.78. The lowest BCUT2D eigenvalue weighted by Gasteiger charge is -2.26. The fourth-order valence-electron chi connectivity index (χ4n) is 3.45. The molecule has 0 bridgehead atoms. The number of fused-ring (bicyclic) bond motifs is 1. The monoisotopic (exact) mass is 446 g/mol. The number of anilines is 3. The third kappa shape index (κ3) is 4.03. The number of hydrogen-bond donors (Lipinski definition) is 4. The number of hydrogen-bond acceptors (Lipinski definition) is 9. The lowest BCUT2D eigenvalue weighted by Crippen LogP contribution is -2.32. The number of nitrogens with one attached hydrogen (secondary N) is 2. The molecule has 1 aliphatic heterocycles. The molecule has 1 atom stereocenters. The van der Waals surface area contributed by atoms with Crippen LogP contribution >= 0.6 is 0 Å². The van der Waals surface area contributed by atoms with Crippen LogP contribution in [0.5, 0.6) is 5.75 Å². The van der Waals surface area contributed by atoms with Gasteiger partial charge in [0.25, 0.3) is 0 Å². The van der Waals surface area contributed by atoms with Crippen LogP contribution < -0.4 is 26.8 Å². The molecule has 4 rings (SSSR count). The maximum Gasteiger partial charge on any atom is 0.211 e. The van der Waals surface area contributed by atoms with Gasteiger partial charge in [0.05, 0.1) is 5.69 Å². The summed E-state index contributed by atoms with van der Waals surface area (Å²) in [6, 6.07) is 11.5. The zero-order chi connectivity index (χ0) is 23.5. The molecule has 33 heavy (non-hydrogen) atoms. The number of rotatable bonds is 4. The molecule has 1 aliphatic rings. The Hall–Kier alpha value is -4.90. The van der Waals surface area contributed by atoms with Crippen LogP contribution in [0, 0.1) is 34.4 Å². The number of pyridine rings is 1. The Morgan fingerprint density at radius 1 is 1.12 bits per heavy atom. The van der Waals surface area contributed by atoms with Crippen molar-refractivity contribution in [2.75, 3.05) is 16.8 Å². The molecule has 9 nitrogen and oxygen atoms in total. The van der Waals surface area contributed by atoms with Crippen molar-refractivity contribution in [2.45, 2.75) is 12.6 Å². The highest BCUT2D eigenvalue weighted by Gasteiger charge is 2.29. The van der Waals surface area contributed by atoms with E-state index in [1.807, 2.05) is 6.07 Å². The van der Waals surface area contributed by atoms with Crippen LogP contribution in [0.1, 0.15) is 28.3 Å². The van der Waals surface area contributed by atoms with Crippen molar-refractivity contribution in [1.29, 1.82) is 10.5 Å². The number of benzene rings is 2. The van der Waals surface area contributed by atoms with Crippen LogP contribution in [-0.4, -0.2) is 10.9 Å². The summed E-state index contributed by atoms with van der Waals surface area (Å²) >= 11 is 0. The van der Waals surface area contributed by atoms with Crippen LogP contribution in [0.15, 0.2) is 47.5 Å². The van der Waals surface area contributed by atoms with Gasteiger partial charge in [-0.15, -0.1) is 0 Å². The second kappa shape index (κ2) is 8.69. The first kappa shape index (κ1) is 21.3. The quantitative estimate of drug-likeness (QED) is 0.352. The van der Waals surface area contributed by atoms with Gasteiger partial charge >= 0.3 is 0 Å². The van der Waals surface area contributed by atoms with Gasteiger partial charge in [-0.25, -0.2) is 18.8 Å². The minimum Gasteiger partial charge on any atom is -0.483 e. The minimum atomic E-state index is -0.810. The first-order chi connectivity index (χ1) is 15.9. The highest BCUT2D eigenvalue weighted by Crippen LogP contribution is 2.40. The summed E-state index contributed by atoms with van der Waals surface area (Å²) < 4.78 is 33.1. The van der Waals surface area contributed by atoms with Crippen molar-refractivity contribution in [3.63, 3.8) is 0 Å². The Morgan fingerprint density at radius 3 is 2.55 bits per heavy atom. The summed E-state index contributed by atoms with van der Waals surface area (Å²) in [5.41, 5.74) is 13.8. The van der Waals surface area contributed by atoms with Crippen molar-refractivity contribution in [2.24, 2.45) is 4.99 Å². The summed E-state index contributed by atoms with van der Waals surface area (Å²) in [7, 11) is 0. The highest BCUT2D eigenvalue weighted by atomic mass is 19.1. The van der Waals surface area contributed by atoms with Crippen LogP contribution in [0.2, 0.25) is 0 Å². The molecule has 0 amide bonds. The van der Waals surface area contributed by atoms with Crippen molar-refractivity contribution in [3.8, 4) is 18.0 Å². The van der Waals surface area contributed by atoms with Gasteiger partial charge in [-0.1, -0.05) is 24.3 Å². The van der Waals surface area contributed by atoms with Crippen molar-refractivity contribution in [3.05, 3.63) is 76.4 Å². The maximum absolute atomic E-state index is 13.9. The molecular formula is C22H16F2N8O. The number of nitrogens with zero attached hydrogens (tertiary/aromatic N) is 4. The largest absolute Gasteiger partial charge is 0.483 e. The van der Waals surface area contributed by atoms with Crippen molar-refractivity contribution < 1.29 is 13.5 Å². The average Bonchev–Trinajstić information content (AvgIpc) is 2.79. The van der Waals surface area contributed by atoms with E-state index in [1.54, 1.807) is 30.5 Å². The van der Waals surface area contributed by atoms with Gasteiger partial charge in [-0.2, -0.15) is 10.5 Å². The fourth-order valence-corrected chi connectivity index (χ4v) is 3.45. The van der Waals surface area contributed by atoms with Crippen molar-refractivity contribution in [1.82, 2.24) is 10.3 Å². The van der Waals surface area contributed by atoms with Crippen molar-refractivity contribution >= 4 is 23.3 Å². The molecule has 164 valence electrons. The van der Waals surface area contributed by atoms with Gasteiger partial charge in [-0.05, 0) is 29.3 Å². The zero-order valence-electron chi connectivity index (χ0n) is 16.9. The van der Waals surface area contributed by atoms with E-state index in [9.17, 15) is 14.0 Å². The molecule has 2 heterocycles. The van der Waals surface area contributed by atoms with Gasteiger partial charge < -0.3 is 21.5 Å². The molecule has 0 saturated carbocycles. The molecule has 11 heteroatoms. The Morgan fingerprint density at radius 2 is 1.85 bits per heavy atom. The van der Waals surface area contributed by atoms with Gasteiger partial charge in [0.15, 0.2) is 23.6 Å². The standard InChI is InChI=1S/C22H16F2N8O/c23-14-5-2-6-15(24)19(14)33-9-11-3-1-4-12(7-11)18-16-17(27)13(8-25)20(28)31-21(16)32-22(30-18)29-10-26/h1-7,18H,9H2,(H6,27,28,29,30,31,32). The van der Waals surface area contributed by atoms with E-state index in [2.05, 4.69) is 20.6 Å². The number of nitrogen functional groups attached to an aromatic ring is 2. The van der Waals surface area contributed by atoms with Crippen LogP contribution in [-0.2, 0) is 6.61 Å². The normalized spacial score (nSPS) is 14.2. The van der Waals surface area contributed by atoms with Gasteiger partial charge in [0, 0.05) is 5.56 Å². The first-order valence-electron chi connectivity index (χ1n) is 9.57. The van der Waals surface area contributed by atoms with Gasteiger partial charge in [0.1, 0.15) is 35.9 Å². The number of ether oxygens (including phenoxy) is 1. The molecule has 0 saturated heterocycles. The lowest BCUT2D eigenvalue weighted by molar-refractivity contribution is 0.274. The smallest absolute Gasteiger partial charge is 0.211 e. The van der Waals surface area contributed by atoms with E-state index >= 15 is 0 Å². The molecule has 0 radical (unpaired) electrons. The maximum atomic E-state index is 13.9. The van der Waals surface area contributed by atoms with Crippen LogP contribution in [0.4, 0.5) is 26.1 Å². The Kier molecular flexibility index (Phi) is 5.62. The summed E-state index contributed by atoms with van der Waals surface area (Å²) in [5.74, 6) is -1.80. The summed E-state index contributed by atoms with van der Waals surface area (Å²) in [5, 5.41) is 23.7. The molecule has 1 aromatic heterocycles. The molecular weight excluding hydrogens is 430 g/mol. The third-order valence-electron chi connectivity index (χ3n) is 4.93. The molecule has 2 aromatic carbocycles. The lowest BCUT2D eigenvalue weighted by atomic mass is 9.94. The first-order valence-corrected chi connectivity index (χ1v) is 9.57. The van der Waals surface area contributed by atoms with E-state index in [1.165, 1.54) is 6.07 Å². The van der Waals surface area contributed by atoms with E-state index in [-0.39, 0.29) is 35.5 Å². The molecule has 6 N–H and O–H groups in total. The van der Waals surface area contributed by atoms with Crippen LogP contribution in [0.3, 0.4) is 0 Å². The average molecular weight is 446 g/mol. The Labute approximate surface area is 186 Å². The van der Waals surface area contributed by atoms with E-state index in [0.29, 0.717) is 16.7 Å². The summed E-state index contributed by atoms with van der Waals surface area (Å²) in [6.45, 7) is -0.116. The van der Waals surface area contributed by atoms with E-state index in [0.717, 1.165) is 12.1 Å². The summed E-state index contributed by atoms with van der Waals surface area (Å²) in [4.78, 5) is 8.67. The number of guanidine groups is 1. The van der Waals surface area contributed by atoms with E-state index in [4.69, 9.17) is 21.5 Å². The molecule has 0 aliphatic carbocycles. The number of nitrogens with two attached hydrogens (primary N) is 2. The predicted octanol–water partition coefficient (Wildman–Crippen LogP) is 2.92. The predicted molar refractivity (Wildman–Crippen MR) is 117 cm³/mol. The molecule has 1 unspecified atom stereocenters. The molecule has 3 aromatic rings. The van der Waals surface area contributed by atoms with E-state index < -0.39 is 23.4 Å². The number of aromatic nitrogens is 1. The minimum absolute atomic E-state index is 0.0157. The Balaban J connectivity index is 1.73. The number of aliphatic imine (C=N–C) groups is 1. The third-order valence-corrected chi connectivity index (χ3v) is 4.93. The van der Waals surface area contributed by atoms with Crippen LogP contribution in [0.25, 0.3) is 0 Å². The number of halogens is 2. The SMILES string of the molecule is N#CNC1=NC(c2cccc(COc3c(F)cccc3F)c2)c2c(nc(N)c(C#N)c2N)N1. The number of nitriles is 2. The topological polar surface area (TPSA) is 158 Å². The molecule has 0 fully saturated rings. The van der Waals surface area contributed by atoms with Gasteiger partial charge in [-0.3, -0.25) is 5.32 Å². The number of para-hydroxylation sites is 1. The zero-order valence-corrected chi connectivity index (χ0v) is 16.9. The Bertz CT molecular complexity index is 1340. The second-order valence-corrected chi connectivity index (χ2v) is 6.99. The fraction of sp³-hybridized carbons (Fsp3) is 0.0909. The second-order valence-electron chi connectivity index (χ2n) is 6.99.